The van der Waals surface area contributed by atoms with Gasteiger partial charge in [0, 0.05) is 0 Å². The zero-order valence-electron chi connectivity index (χ0n) is 3.94. The van der Waals surface area contributed by atoms with Gasteiger partial charge in [0.2, 0.25) is 0 Å². The Morgan fingerprint density at radius 3 is 2.43 bits per heavy atom. The van der Waals surface area contributed by atoms with Crippen LogP contribution in [0.4, 0.5) is 4.79 Å². The molecule has 0 aromatic carbocycles. The fourth-order valence-electron chi connectivity index (χ4n) is 0.190. The average Bonchev–Trinajstić information content (AvgIpc) is 1.61. The first kappa shape index (κ1) is 6.14. The fourth-order valence-corrected chi connectivity index (χ4v) is 0.190. The van der Waals surface area contributed by atoms with Crippen molar-refractivity contribution in [3.8, 4) is 0 Å². The molecular weight excluding hydrogens is 94.0 g/mol. The molecule has 0 saturated carbocycles. The molecule has 0 spiro atoms. The van der Waals surface area contributed by atoms with Gasteiger partial charge in [-0.05, 0) is 0 Å². The van der Waals surface area contributed by atoms with E-state index in [1.165, 1.54) is 0 Å². The lowest BCUT2D eigenvalue weighted by molar-refractivity contribution is 0.169. The molecule has 0 bridgehead atoms. The van der Waals surface area contributed by atoms with Gasteiger partial charge in [0.1, 0.15) is 6.42 Å². The number of carbonyl (C=O) groups is 1. The predicted octanol–water partition coefficient (Wildman–Crippen LogP) is 0.351. The van der Waals surface area contributed by atoms with Crippen molar-refractivity contribution in [1.82, 2.24) is 5.32 Å². The van der Waals surface area contributed by atoms with Crippen LogP contribution >= 0.6 is 0 Å². The minimum absolute atomic E-state index is 0.377. The molecule has 0 aliphatic rings. The van der Waals surface area contributed by atoms with E-state index in [9.17, 15) is 9.90 Å². The summed E-state index contributed by atoms with van der Waals surface area (Å²) in [4.78, 5) is 9.51. The minimum atomic E-state index is -1.23. The van der Waals surface area contributed by atoms with E-state index in [-0.39, 0.29) is 0 Å². The molecule has 3 heteroatoms. The van der Waals surface area contributed by atoms with E-state index in [1.54, 1.807) is 0 Å². The Morgan fingerprint density at radius 1 is 1.71 bits per heavy atom. The van der Waals surface area contributed by atoms with Gasteiger partial charge in [-0.25, -0.2) is 9.90 Å². The second-order valence-corrected chi connectivity index (χ2v) is 1.07. The number of amides is 1. The third kappa shape index (κ3) is 5.14. The summed E-state index contributed by atoms with van der Waals surface area (Å²) in [7, 11) is 0. The van der Waals surface area contributed by atoms with Crippen LogP contribution < -0.4 is 5.32 Å². The summed E-state index contributed by atoms with van der Waals surface area (Å²) in [6.07, 6.45) is -0.669. The first-order chi connectivity index (χ1) is 3.27. The maximum absolute atomic E-state index is 9.51. The lowest BCUT2D eigenvalue weighted by Gasteiger charge is -1.85. The fraction of sp³-hybridized carbons (Fsp3) is 0.500. The molecule has 7 heavy (non-hydrogen) atoms. The summed E-state index contributed by atoms with van der Waals surface area (Å²) in [5, 5.41) is 11.5. The zero-order chi connectivity index (χ0) is 5.70. The monoisotopic (exact) mass is 101 g/mol. The first-order valence-electron chi connectivity index (χ1n) is 2.01. The molecule has 0 atom stereocenters. The topological polar surface area (TPSA) is 49.0 Å². The predicted molar refractivity (Wildman–Crippen MR) is 24.1 cm³/mol. The highest BCUT2D eigenvalue weighted by Gasteiger charge is 1.92. The van der Waals surface area contributed by atoms with Crippen molar-refractivity contribution in [2.24, 2.45) is 0 Å². The van der Waals surface area contributed by atoms with E-state index >= 15 is 0 Å². The van der Waals surface area contributed by atoms with Crippen LogP contribution in [-0.4, -0.2) is 12.6 Å². The Morgan fingerprint density at radius 2 is 2.29 bits per heavy atom. The summed E-state index contributed by atoms with van der Waals surface area (Å²) in [6, 6.07) is 0. The number of rotatable bonds is 2. The third-order valence-electron chi connectivity index (χ3n) is 0.446. The van der Waals surface area contributed by atoms with Crippen molar-refractivity contribution in [2.45, 2.75) is 6.42 Å². The van der Waals surface area contributed by atoms with Gasteiger partial charge in [0.25, 0.3) is 0 Å². The van der Waals surface area contributed by atoms with Crippen LogP contribution in [0.15, 0.2) is 0 Å². The zero-order valence-corrected chi connectivity index (χ0v) is 3.94. The Labute approximate surface area is 42.3 Å². The smallest absolute Gasteiger partial charge is 0.314 e. The number of nitrogens with one attached hydrogen (secondary N) is 1. The lowest BCUT2D eigenvalue weighted by atomic mass is 10.5. The maximum atomic E-state index is 9.51. The normalized spacial score (nSPS) is 8.00. The molecule has 0 aliphatic heterocycles. The Kier molecular flexibility index (Phi) is 2.92. The standard InChI is InChI=1S/C4H7NO2/c1-2-3-5-4(6)7/h5H,1-3H2/q+1. The quantitative estimate of drug-likeness (QED) is 0.501. The van der Waals surface area contributed by atoms with E-state index < -0.39 is 6.09 Å². The van der Waals surface area contributed by atoms with E-state index in [0.29, 0.717) is 13.0 Å². The second kappa shape index (κ2) is 3.33. The van der Waals surface area contributed by atoms with Crippen molar-refractivity contribution in [1.29, 1.82) is 0 Å². The van der Waals surface area contributed by atoms with Gasteiger partial charge < -0.3 is 5.32 Å². The van der Waals surface area contributed by atoms with E-state index in [0.717, 1.165) is 0 Å². The molecule has 3 nitrogen and oxygen atoms in total. The van der Waals surface area contributed by atoms with Gasteiger partial charge in [-0.1, -0.05) is 0 Å². The molecule has 0 saturated heterocycles. The van der Waals surface area contributed by atoms with Crippen molar-refractivity contribution in [2.75, 3.05) is 6.54 Å². The highest BCUT2D eigenvalue weighted by Crippen LogP contribution is 1.67. The van der Waals surface area contributed by atoms with E-state index in [2.05, 4.69) is 6.92 Å². The van der Waals surface area contributed by atoms with Gasteiger partial charge in [-0.15, -0.1) is 0 Å². The largest absolute Gasteiger partial charge is 0.450 e. The summed E-state index contributed by atoms with van der Waals surface area (Å²) in [5.74, 6) is 0. The number of hydrogen-bond acceptors (Lipinski definition) is 1. The molecule has 0 heterocycles. The lowest BCUT2D eigenvalue weighted by Crippen LogP contribution is -2.19. The third-order valence-corrected chi connectivity index (χ3v) is 0.446. The highest BCUT2D eigenvalue weighted by molar-refractivity contribution is 5.63. The van der Waals surface area contributed by atoms with Gasteiger partial charge in [0.15, 0.2) is 0 Å². The summed E-state index contributed by atoms with van der Waals surface area (Å²) in [6.45, 7) is 3.78. The van der Waals surface area contributed by atoms with Crippen LogP contribution in [-0.2, 0) is 5.11 Å². The first-order valence-corrected chi connectivity index (χ1v) is 2.01. The van der Waals surface area contributed by atoms with Crippen molar-refractivity contribution in [3.05, 3.63) is 6.92 Å². The molecule has 1 amide bonds. The van der Waals surface area contributed by atoms with E-state index in [1.807, 2.05) is 5.32 Å². The van der Waals surface area contributed by atoms with Crippen LogP contribution in [0.1, 0.15) is 6.42 Å². The summed E-state index contributed by atoms with van der Waals surface area (Å²) < 4.78 is 0. The van der Waals surface area contributed by atoms with Crippen molar-refractivity contribution in [3.63, 3.8) is 0 Å². The van der Waals surface area contributed by atoms with Crippen LogP contribution in [0.2, 0.25) is 0 Å². The highest BCUT2D eigenvalue weighted by atomic mass is 16.4. The molecular formula is C4H7NO2+. The average molecular weight is 101 g/mol. The molecule has 1 radical (unpaired) electrons. The minimum Gasteiger partial charge on any atom is -0.314 e. The molecule has 0 aromatic rings. The Hall–Kier alpha value is -0.860. The van der Waals surface area contributed by atoms with Gasteiger partial charge >= 0.3 is 6.09 Å². The molecule has 0 aromatic heterocycles. The molecule has 0 fully saturated rings. The van der Waals surface area contributed by atoms with Gasteiger partial charge in [-0.3, -0.25) is 0 Å². The maximum Gasteiger partial charge on any atom is 0.450 e. The van der Waals surface area contributed by atoms with Crippen LogP contribution in [0.25, 0.3) is 0 Å². The summed E-state index contributed by atoms with van der Waals surface area (Å²) >= 11 is 0. The van der Waals surface area contributed by atoms with Crippen LogP contribution in [0.5, 0.6) is 0 Å². The van der Waals surface area contributed by atoms with Crippen molar-refractivity contribution >= 4 is 6.09 Å². The second-order valence-electron chi connectivity index (χ2n) is 1.07. The van der Waals surface area contributed by atoms with Gasteiger partial charge in [0.05, 0.1) is 13.5 Å². The molecule has 1 N–H and O–H groups in total. The van der Waals surface area contributed by atoms with Crippen LogP contribution in [0, 0.1) is 6.92 Å². The van der Waals surface area contributed by atoms with Crippen LogP contribution in [0.3, 0.4) is 0 Å². The Balaban J connectivity index is 2.82. The molecule has 39 valence electrons. The Bertz CT molecular complexity index is 62.7. The number of carbonyl (C=O) groups excluding carboxylic acids is 1. The van der Waals surface area contributed by atoms with Gasteiger partial charge in [-0.2, -0.15) is 0 Å². The molecule has 0 aliphatic carbocycles. The SMILES string of the molecule is [CH2+]CCNC([O])=O. The van der Waals surface area contributed by atoms with E-state index in [4.69, 9.17) is 0 Å². The molecule has 0 rings (SSSR count). The molecule has 0 unspecified atom stereocenters. The number of hydrogen-bond donors (Lipinski definition) is 1. The van der Waals surface area contributed by atoms with Crippen molar-refractivity contribution < 1.29 is 9.90 Å². The summed E-state index contributed by atoms with van der Waals surface area (Å²) in [5.41, 5.74) is 0.